The minimum Gasteiger partial charge on any atom is -0.459 e. The number of carbonyl (C=O) groups excluding carboxylic acids is 1. The van der Waals surface area contributed by atoms with Gasteiger partial charge in [0.05, 0.1) is 49.5 Å². The van der Waals surface area contributed by atoms with Crippen molar-refractivity contribution >= 4 is 38.1 Å². The highest BCUT2D eigenvalue weighted by Crippen LogP contribution is 2.53. The summed E-state index contributed by atoms with van der Waals surface area (Å²) < 4.78 is 134. The molecular formula is C52H91F6O8PSi3. The highest BCUT2D eigenvalue weighted by molar-refractivity contribution is 7.65. The number of carbonyl (C=O) groups is 1. The standard InChI is InChI=1S/C52H91F6O8PSi3/c1-38-27-29-61-42(32-38)25-26-46(66-70(17,18)50(10,11)12)45(64-47(59)35-67(60,36-51(53,54)55)37-52(56,57)58)24-20-23-44(65-69(15,16)49(7,8)9)34-40(3)31-39(2)33-43-22-19-21-41(63-43)28-30-62-68(13,14)48(4,5)6/h19-21,23,25-27,39,41-46H,3,22,24,28-37H2,1-2,4-18H3. The average Bonchev–Trinajstić information content (AvgIpc) is 3.12. The molecule has 0 aromatic heterocycles. The number of rotatable bonds is 25. The summed E-state index contributed by atoms with van der Waals surface area (Å²) in [5, 5.41) is -0.378. The van der Waals surface area contributed by atoms with Crippen LogP contribution in [0.5, 0.6) is 0 Å². The van der Waals surface area contributed by atoms with Gasteiger partial charge >= 0.3 is 18.3 Å². The van der Waals surface area contributed by atoms with Crippen LogP contribution in [0, 0.1) is 5.92 Å². The molecule has 0 aromatic carbocycles. The second kappa shape index (κ2) is 25.8. The Labute approximate surface area is 422 Å². The molecule has 0 saturated carbocycles. The third-order valence-corrected chi connectivity index (χ3v) is 30.8. The van der Waals surface area contributed by atoms with Crippen LogP contribution in [0.2, 0.25) is 54.4 Å². The van der Waals surface area contributed by atoms with Gasteiger partial charge < -0.3 is 32.1 Å². The Bertz CT molecular complexity index is 1840. The third-order valence-electron chi connectivity index (χ3n) is 14.6. The van der Waals surface area contributed by atoms with E-state index in [-0.39, 0.29) is 45.8 Å². The van der Waals surface area contributed by atoms with Crippen LogP contribution in [0.3, 0.4) is 0 Å². The van der Waals surface area contributed by atoms with Gasteiger partial charge in [-0.15, -0.1) is 0 Å². The minimum atomic E-state index is -5.22. The fourth-order valence-electron chi connectivity index (χ4n) is 7.55. The summed E-state index contributed by atoms with van der Waals surface area (Å²) in [6.07, 6.45) is -1.80. The molecule has 7 atom stereocenters. The second-order valence-electron chi connectivity index (χ2n) is 24.6. The zero-order valence-electron chi connectivity index (χ0n) is 45.8. The minimum absolute atomic E-state index is 0.0110. The molecule has 18 heteroatoms. The molecule has 0 aliphatic carbocycles. The highest BCUT2D eigenvalue weighted by Gasteiger charge is 2.48. The lowest BCUT2D eigenvalue weighted by molar-refractivity contribution is -0.149. The van der Waals surface area contributed by atoms with Crippen LogP contribution in [-0.4, -0.2) is 112 Å². The van der Waals surface area contributed by atoms with Crippen molar-refractivity contribution in [2.24, 2.45) is 5.92 Å². The first kappa shape index (κ1) is 64.5. The van der Waals surface area contributed by atoms with Crippen molar-refractivity contribution < 1.29 is 63.2 Å². The summed E-state index contributed by atoms with van der Waals surface area (Å²) in [6.45, 7) is 41.6. The quantitative estimate of drug-likeness (QED) is 0.0294. The maximum Gasteiger partial charge on any atom is 0.395 e. The van der Waals surface area contributed by atoms with Crippen LogP contribution in [0.1, 0.15) is 121 Å². The molecule has 0 spiro atoms. The zero-order valence-corrected chi connectivity index (χ0v) is 49.7. The molecule has 2 aliphatic rings. The third kappa shape index (κ3) is 23.3. The van der Waals surface area contributed by atoms with Crippen molar-refractivity contribution in [1.29, 1.82) is 0 Å². The highest BCUT2D eigenvalue weighted by atomic mass is 31.2. The van der Waals surface area contributed by atoms with Gasteiger partial charge in [0.2, 0.25) is 0 Å². The molecule has 2 heterocycles. The molecule has 0 amide bonds. The largest absolute Gasteiger partial charge is 0.459 e. The summed E-state index contributed by atoms with van der Waals surface area (Å²) >= 11 is 0. The lowest BCUT2D eigenvalue weighted by Gasteiger charge is -2.40. The molecule has 0 aromatic rings. The van der Waals surface area contributed by atoms with E-state index in [4.69, 9.17) is 27.5 Å². The Morgan fingerprint density at radius 1 is 0.857 bits per heavy atom. The number of hydrogen-bond donors (Lipinski definition) is 0. The normalized spacial score (nSPS) is 21.5. The summed E-state index contributed by atoms with van der Waals surface area (Å²) in [5.74, 6) is -1.19. The van der Waals surface area contributed by atoms with E-state index in [9.17, 15) is 35.7 Å². The van der Waals surface area contributed by atoms with Gasteiger partial charge in [-0.25, -0.2) is 0 Å². The Morgan fingerprint density at radius 3 is 1.94 bits per heavy atom. The van der Waals surface area contributed by atoms with Gasteiger partial charge in [0, 0.05) is 13.0 Å². The van der Waals surface area contributed by atoms with Gasteiger partial charge in [0.1, 0.15) is 19.3 Å². The lowest BCUT2D eigenvalue weighted by atomic mass is 9.91. The van der Waals surface area contributed by atoms with Crippen LogP contribution >= 0.6 is 7.14 Å². The monoisotopic (exact) mass is 1070 g/mol. The first-order valence-corrected chi connectivity index (χ1v) is 36.0. The van der Waals surface area contributed by atoms with E-state index in [0.717, 1.165) is 36.8 Å². The Balaban J connectivity index is 2.48. The molecule has 0 bridgehead atoms. The molecule has 2 rings (SSSR count). The van der Waals surface area contributed by atoms with Gasteiger partial charge in [-0.1, -0.05) is 129 Å². The molecule has 70 heavy (non-hydrogen) atoms. The topological polar surface area (TPSA) is 89.5 Å². The number of halogens is 6. The Hall–Kier alpha value is -1.57. The Kier molecular flexibility index (Phi) is 23.8. The van der Waals surface area contributed by atoms with E-state index >= 15 is 0 Å². The van der Waals surface area contributed by atoms with E-state index in [2.05, 4.69) is 93.4 Å². The number of esters is 1. The van der Waals surface area contributed by atoms with Crippen molar-refractivity contribution in [1.82, 2.24) is 0 Å². The van der Waals surface area contributed by atoms with E-state index in [1.807, 2.05) is 52.9 Å². The molecular weight excluding hydrogens is 982 g/mol. The first-order chi connectivity index (χ1) is 31.5. The van der Waals surface area contributed by atoms with Crippen molar-refractivity contribution in [3.05, 3.63) is 60.3 Å². The van der Waals surface area contributed by atoms with Crippen molar-refractivity contribution in [2.75, 3.05) is 31.7 Å². The van der Waals surface area contributed by atoms with Crippen LogP contribution in [0.25, 0.3) is 0 Å². The summed E-state index contributed by atoms with van der Waals surface area (Å²) in [4.78, 5) is 13.7. The smallest absolute Gasteiger partial charge is 0.395 e. The molecule has 7 unspecified atom stereocenters. The fourth-order valence-corrected chi connectivity index (χ4v) is 13.3. The van der Waals surface area contributed by atoms with E-state index in [1.165, 1.54) is 0 Å². The summed E-state index contributed by atoms with van der Waals surface area (Å²) in [7, 11) is -12.2. The molecule has 0 saturated heterocycles. The zero-order chi connectivity index (χ0) is 54.0. The lowest BCUT2D eigenvalue weighted by Crippen LogP contribution is -2.47. The predicted molar refractivity (Wildman–Crippen MR) is 282 cm³/mol. The summed E-state index contributed by atoms with van der Waals surface area (Å²) in [5.41, 5.74) is 2.08. The SMILES string of the molecule is C=C(CC(C)CC1CC=CC(CCO[Si](C)(C)C(C)(C)C)O1)CC(C=CCC(OC(=O)CP(=O)(CC(F)(F)F)CC(F)(F)F)C(C=CC1CC(C)=CCO1)O[Si](C)(C)C(C)(C)C)O[Si](C)(C)C(C)(C)C. The second-order valence-corrected chi connectivity index (χ2v) is 42.0. The van der Waals surface area contributed by atoms with Crippen molar-refractivity contribution in [3.63, 3.8) is 0 Å². The van der Waals surface area contributed by atoms with Crippen molar-refractivity contribution in [3.8, 4) is 0 Å². The van der Waals surface area contributed by atoms with Crippen molar-refractivity contribution in [2.45, 2.75) is 224 Å². The van der Waals surface area contributed by atoms with Gasteiger partial charge in [0.25, 0.3) is 0 Å². The van der Waals surface area contributed by atoms with Gasteiger partial charge in [-0.2, -0.15) is 26.3 Å². The first-order valence-electron chi connectivity index (χ1n) is 25.0. The molecule has 2 aliphatic heterocycles. The van der Waals surface area contributed by atoms with E-state index in [0.29, 0.717) is 26.1 Å². The number of hydrogen-bond acceptors (Lipinski definition) is 8. The number of ether oxygens (including phenoxy) is 3. The van der Waals surface area contributed by atoms with Crippen LogP contribution in [-0.2, 0) is 36.8 Å². The van der Waals surface area contributed by atoms with Gasteiger partial charge in [0.15, 0.2) is 25.0 Å². The van der Waals surface area contributed by atoms with E-state index < -0.39 is 87.2 Å². The van der Waals surface area contributed by atoms with Gasteiger partial charge in [-0.3, -0.25) is 4.79 Å². The molecule has 0 fully saturated rings. The van der Waals surface area contributed by atoms with E-state index in [1.54, 1.807) is 18.2 Å². The van der Waals surface area contributed by atoms with Crippen LogP contribution in [0.4, 0.5) is 26.3 Å². The molecule has 406 valence electrons. The molecule has 8 nitrogen and oxygen atoms in total. The summed E-state index contributed by atoms with van der Waals surface area (Å²) in [6, 6.07) is 0. The average molecular weight is 1070 g/mol. The molecule has 0 radical (unpaired) electrons. The van der Waals surface area contributed by atoms with Crippen LogP contribution in [0.15, 0.2) is 60.3 Å². The van der Waals surface area contributed by atoms with Gasteiger partial charge in [-0.05, 0) is 106 Å². The maximum atomic E-state index is 13.7. The fraction of sp³-hybridized carbons (Fsp3) is 0.788. The number of alkyl halides is 6. The van der Waals surface area contributed by atoms with Crippen LogP contribution < -0.4 is 0 Å². The Morgan fingerprint density at radius 2 is 1.41 bits per heavy atom. The maximum absolute atomic E-state index is 13.7. The predicted octanol–water partition coefficient (Wildman–Crippen LogP) is 15.9. The molecule has 0 N–H and O–H groups in total.